The van der Waals surface area contributed by atoms with Crippen molar-refractivity contribution in [2.24, 2.45) is 5.92 Å². The van der Waals surface area contributed by atoms with Crippen molar-refractivity contribution in [2.45, 2.75) is 207 Å². The molecule has 0 saturated heterocycles. The third-order valence-electron chi connectivity index (χ3n) is 7.92. The summed E-state index contributed by atoms with van der Waals surface area (Å²) in [5.41, 5.74) is 0. The van der Waals surface area contributed by atoms with Crippen molar-refractivity contribution in [3.63, 3.8) is 0 Å². The molecule has 0 bridgehead atoms. The van der Waals surface area contributed by atoms with Gasteiger partial charge in [-0.05, 0) is 18.8 Å². The van der Waals surface area contributed by atoms with E-state index in [1.165, 1.54) is 167 Å². The Morgan fingerprint density at radius 1 is 0.459 bits per heavy atom. The Hall–Kier alpha value is -0.530. The smallest absolute Gasteiger partial charge is 0.305 e. The quantitative estimate of drug-likeness (QED) is 0.0668. The van der Waals surface area contributed by atoms with E-state index in [0.29, 0.717) is 13.0 Å². The van der Waals surface area contributed by atoms with Crippen LogP contribution >= 0.6 is 0 Å². The summed E-state index contributed by atoms with van der Waals surface area (Å²) in [6, 6.07) is 0. The number of carbonyl (C=O) groups excluding carboxylic acids is 1. The molecular weight excluding hydrogens is 452 g/mol. The van der Waals surface area contributed by atoms with Crippen LogP contribution in [-0.2, 0) is 9.53 Å². The lowest BCUT2D eigenvalue weighted by molar-refractivity contribution is -0.143. The minimum atomic E-state index is 0.0251. The number of unbranched alkanes of at least 4 members (excludes halogenated alkanes) is 25. The zero-order chi connectivity index (χ0) is 27.1. The highest BCUT2D eigenvalue weighted by atomic mass is 16.5. The molecule has 0 aliphatic heterocycles. The molecule has 222 valence electrons. The van der Waals surface area contributed by atoms with Gasteiger partial charge < -0.3 is 4.74 Å². The van der Waals surface area contributed by atoms with Gasteiger partial charge in [0.2, 0.25) is 0 Å². The molecule has 0 fully saturated rings. The molecule has 0 N–H and O–H groups in total. The molecule has 0 radical (unpaired) electrons. The average Bonchev–Trinajstić information content (AvgIpc) is 2.88. The van der Waals surface area contributed by atoms with Gasteiger partial charge in [0, 0.05) is 6.42 Å². The van der Waals surface area contributed by atoms with Crippen LogP contribution in [0.3, 0.4) is 0 Å². The van der Waals surface area contributed by atoms with E-state index < -0.39 is 0 Å². The Morgan fingerprint density at radius 3 is 1.16 bits per heavy atom. The fraction of sp³-hybridized carbons (Fsp3) is 0.971. The van der Waals surface area contributed by atoms with Gasteiger partial charge in [-0.2, -0.15) is 0 Å². The highest BCUT2D eigenvalue weighted by molar-refractivity contribution is 5.69. The van der Waals surface area contributed by atoms with Crippen LogP contribution in [0.25, 0.3) is 0 Å². The summed E-state index contributed by atoms with van der Waals surface area (Å²) in [6.07, 6.45) is 38.7. The first-order chi connectivity index (χ1) is 18.2. The summed E-state index contributed by atoms with van der Waals surface area (Å²) in [4.78, 5) is 11.9. The predicted molar refractivity (Wildman–Crippen MR) is 165 cm³/mol. The number of hydrogen-bond donors (Lipinski definition) is 0. The van der Waals surface area contributed by atoms with Gasteiger partial charge >= 0.3 is 5.97 Å². The highest BCUT2D eigenvalue weighted by Crippen LogP contribution is 2.15. The zero-order valence-electron chi connectivity index (χ0n) is 26.1. The van der Waals surface area contributed by atoms with Gasteiger partial charge in [-0.3, -0.25) is 4.79 Å². The van der Waals surface area contributed by atoms with Crippen LogP contribution in [0.4, 0.5) is 0 Å². The van der Waals surface area contributed by atoms with E-state index in [-0.39, 0.29) is 5.97 Å². The van der Waals surface area contributed by atoms with E-state index in [9.17, 15) is 4.79 Å². The monoisotopic (exact) mass is 523 g/mol. The van der Waals surface area contributed by atoms with Crippen molar-refractivity contribution in [2.75, 3.05) is 6.61 Å². The minimum absolute atomic E-state index is 0.0251. The Labute approximate surface area is 234 Å². The van der Waals surface area contributed by atoms with Gasteiger partial charge in [-0.1, -0.05) is 188 Å². The molecule has 2 heteroatoms. The molecule has 0 aliphatic carbocycles. The maximum Gasteiger partial charge on any atom is 0.305 e. The van der Waals surface area contributed by atoms with Crippen molar-refractivity contribution in [1.29, 1.82) is 0 Å². The topological polar surface area (TPSA) is 26.3 Å². The largest absolute Gasteiger partial charge is 0.466 e. The second-order valence-corrected chi connectivity index (χ2v) is 12.3. The third-order valence-corrected chi connectivity index (χ3v) is 7.92. The normalized spacial score (nSPS) is 11.5. The number of hydrogen-bond acceptors (Lipinski definition) is 2. The summed E-state index contributed by atoms with van der Waals surface area (Å²) >= 11 is 0. The summed E-state index contributed by atoms with van der Waals surface area (Å²) in [7, 11) is 0. The molecule has 0 aromatic carbocycles. The lowest BCUT2D eigenvalue weighted by atomic mass is 10.0. The second kappa shape index (κ2) is 31.7. The Bertz CT molecular complexity index is 431. The number of esters is 1. The van der Waals surface area contributed by atoms with Crippen LogP contribution in [-0.4, -0.2) is 12.6 Å². The number of carbonyl (C=O) groups is 1. The lowest BCUT2D eigenvalue weighted by Gasteiger charge is -2.06. The van der Waals surface area contributed by atoms with E-state index in [4.69, 9.17) is 4.74 Å². The Morgan fingerprint density at radius 2 is 0.784 bits per heavy atom. The molecule has 0 aromatic rings. The van der Waals surface area contributed by atoms with E-state index in [1.54, 1.807) is 0 Å². The molecule has 0 amide bonds. The second-order valence-electron chi connectivity index (χ2n) is 12.3. The lowest BCUT2D eigenvalue weighted by Crippen LogP contribution is -2.05. The Kier molecular flexibility index (Phi) is 31.2. The SMILES string of the molecule is CCCCCCCCCCCCCCCCCCCCOC(=O)CCCCCCCCCCCC(C)C. The van der Waals surface area contributed by atoms with Crippen LogP contribution in [0.5, 0.6) is 0 Å². The average molecular weight is 523 g/mol. The molecule has 0 aliphatic rings. The van der Waals surface area contributed by atoms with Crippen molar-refractivity contribution in [3.05, 3.63) is 0 Å². The van der Waals surface area contributed by atoms with Gasteiger partial charge in [0.25, 0.3) is 0 Å². The van der Waals surface area contributed by atoms with Gasteiger partial charge in [0.05, 0.1) is 6.61 Å². The van der Waals surface area contributed by atoms with Gasteiger partial charge in [-0.25, -0.2) is 0 Å². The first kappa shape index (κ1) is 36.5. The van der Waals surface area contributed by atoms with Crippen molar-refractivity contribution in [1.82, 2.24) is 0 Å². The molecule has 0 heterocycles. The van der Waals surface area contributed by atoms with E-state index in [2.05, 4.69) is 20.8 Å². The molecule has 0 unspecified atom stereocenters. The summed E-state index contributed by atoms with van der Waals surface area (Å²) < 4.78 is 5.43. The fourth-order valence-electron chi connectivity index (χ4n) is 5.32. The standard InChI is InChI=1S/C35H70O2/c1-4-5-6-7-8-9-10-11-12-13-14-15-16-17-21-24-27-30-33-37-35(36)32-29-26-23-20-18-19-22-25-28-31-34(2)3/h34H,4-33H2,1-3H3. The Balaban J connectivity index is 3.14. The maximum atomic E-state index is 11.9. The molecule has 2 nitrogen and oxygen atoms in total. The van der Waals surface area contributed by atoms with Crippen molar-refractivity contribution in [3.8, 4) is 0 Å². The summed E-state index contributed by atoms with van der Waals surface area (Å²) in [5.74, 6) is 0.882. The van der Waals surface area contributed by atoms with Crippen LogP contribution < -0.4 is 0 Å². The number of ether oxygens (including phenoxy) is 1. The minimum Gasteiger partial charge on any atom is -0.466 e. The molecular formula is C35H70O2. The highest BCUT2D eigenvalue weighted by Gasteiger charge is 2.03. The van der Waals surface area contributed by atoms with E-state index in [0.717, 1.165) is 18.8 Å². The summed E-state index contributed by atoms with van der Waals surface area (Å²) in [6.45, 7) is 7.56. The fourth-order valence-corrected chi connectivity index (χ4v) is 5.32. The van der Waals surface area contributed by atoms with Crippen LogP contribution in [0.15, 0.2) is 0 Å². The van der Waals surface area contributed by atoms with E-state index in [1.807, 2.05) is 0 Å². The molecule has 0 rings (SSSR count). The van der Waals surface area contributed by atoms with Gasteiger partial charge in [0.1, 0.15) is 0 Å². The molecule has 0 saturated carbocycles. The predicted octanol–water partition coefficient (Wildman–Crippen LogP) is 12.5. The summed E-state index contributed by atoms with van der Waals surface area (Å²) in [5, 5.41) is 0. The van der Waals surface area contributed by atoms with Crippen molar-refractivity contribution >= 4 is 5.97 Å². The van der Waals surface area contributed by atoms with Crippen LogP contribution in [0.2, 0.25) is 0 Å². The number of rotatable bonds is 31. The van der Waals surface area contributed by atoms with Gasteiger partial charge in [-0.15, -0.1) is 0 Å². The third kappa shape index (κ3) is 33.4. The maximum absolute atomic E-state index is 11.9. The molecule has 0 aromatic heterocycles. The first-order valence-corrected chi connectivity index (χ1v) is 17.3. The van der Waals surface area contributed by atoms with Crippen LogP contribution in [0.1, 0.15) is 207 Å². The first-order valence-electron chi connectivity index (χ1n) is 17.3. The van der Waals surface area contributed by atoms with E-state index >= 15 is 0 Å². The van der Waals surface area contributed by atoms with Gasteiger partial charge in [0.15, 0.2) is 0 Å². The molecule has 0 spiro atoms. The zero-order valence-corrected chi connectivity index (χ0v) is 26.1. The molecule has 0 atom stereocenters. The van der Waals surface area contributed by atoms with Crippen LogP contribution in [0, 0.1) is 5.92 Å². The molecule has 37 heavy (non-hydrogen) atoms. The van der Waals surface area contributed by atoms with Crippen molar-refractivity contribution < 1.29 is 9.53 Å².